The third-order valence-electron chi connectivity index (χ3n) is 6.74. The Morgan fingerprint density at radius 3 is 2.62 bits per heavy atom. The number of aromatic nitrogens is 3. The maximum Gasteiger partial charge on any atom is 0.123 e. The van der Waals surface area contributed by atoms with Crippen molar-refractivity contribution in [3.63, 3.8) is 0 Å². The SMILES string of the molecule is Cc1ccc2nc([C@H](C)C3CCC(c4ccnc5ccc(F)cc45)CC3)[nH]c2c1. The Labute approximate surface area is 170 Å². The molecule has 1 aliphatic carbocycles. The van der Waals surface area contributed by atoms with Crippen LogP contribution in [0.25, 0.3) is 21.9 Å². The molecule has 0 aliphatic heterocycles. The van der Waals surface area contributed by atoms with E-state index in [1.54, 1.807) is 12.1 Å². The van der Waals surface area contributed by atoms with E-state index in [0.717, 1.165) is 40.6 Å². The number of H-pyrrole nitrogens is 1. The topological polar surface area (TPSA) is 41.6 Å². The maximum atomic E-state index is 13.8. The van der Waals surface area contributed by atoms with Gasteiger partial charge in [-0.1, -0.05) is 13.0 Å². The molecule has 4 aromatic rings. The van der Waals surface area contributed by atoms with E-state index in [-0.39, 0.29) is 5.82 Å². The molecule has 0 spiro atoms. The van der Waals surface area contributed by atoms with Crippen LogP contribution in [-0.2, 0) is 0 Å². The predicted molar refractivity (Wildman–Crippen MR) is 116 cm³/mol. The molecule has 0 radical (unpaired) electrons. The molecule has 4 heteroatoms. The van der Waals surface area contributed by atoms with E-state index >= 15 is 0 Å². The number of aromatic amines is 1. The summed E-state index contributed by atoms with van der Waals surface area (Å²) in [4.78, 5) is 12.8. The van der Waals surface area contributed by atoms with Crippen LogP contribution < -0.4 is 0 Å². The smallest absolute Gasteiger partial charge is 0.123 e. The minimum Gasteiger partial charge on any atom is -0.342 e. The van der Waals surface area contributed by atoms with Crippen LogP contribution in [-0.4, -0.2) is 15.0 Å². The Balaban J connectivity index is 1.34. The molecule has 29 heavy (non-hydrogen) atoms. The summed E-state index contributed by atoms with van der Waals surface area (Å²) in [6, 6.07) is 13.4. The van der Waals surface area contributed by atoms with Gasteiger partial charge < -0.3 is 4.98 Å². The minimum atomic E-state index is -0.186. The fourth-order valence-electron chi connectivity index (χ4n) is 5.01. The van der Waals surface area contributed by atoms with Gasteiger partial charge in [-0.15, -0.1) is 0 Å². The van der Waals surface area contributed by atoms with Crippen molar-refractivity contribution < 1.29 is 4.39 Å². The van der Waals surface area contributed by atoms with Crippen molar-refractivity contribution in [2.45, 2.75) is 51.4 Å². The number of benzene rings is 2. The second-order valence-electron chi connectivity index (χ2n) is 8.60. The summed E-state index contributed by atoms with van der Waals surface area (Å²) in [5, 5.41) is 0.969. The first kappa shape index (κ1) is 18.3. The molecule has 0 bridgehead atoms. The zero-order chi connectivity index (χ0) is 20.0. The average molecular weight is 388 g/mol. The summed E-state index contributed by atoms with van der Waals surface area (Å²) in [5.74, 6) is 2.43. The Kier molecular flexibility index (Phi) is 4.57. The molecule has 2 aromatic carbocycles. The lowest BCUT2D eigenvalue weighted by Gasteiger charge is -2.32. The average Bonchev–Trinajstić information content (AvgIpc) is 3.16. The van der Waals surface area contributed by atoms with Gasteiger partial charge in [0.15, 0.2) is 0 Å². The van der Waals surface area contributed by atoms with Crippen LogP contribution in [0.4, 0.5) is 4.39 Å². The summed E-state index contributed by atoms with van der Waals surface area (Å²) < 4.78 is 13.8. The Morgan fingerprint density at radius 2 is 1.79 bits per heavy atom. The monoisotopic (exact) mass is 387 g/mol. The largest absolute Gasteiger partial charge is 0.342 e. The first-order valence-corrected chi connectivity index (χ1v) is 10.6. The first-order valence-electron chi connectivity index (χ1n) is 10.6. The summed E-state index contributed by atoms with van der Waals surface area (Å²) in [6.07, 6.45) is 6.46. The molecule has 2 heterocycles. The highest BCUT2D eigenvalue weighted by Gasteiger charge is 2.29. The molecule has 3 nitrogen and oxygen atoms in total. The summed E-state index contributed by atoms with van der Waals surface area (Å²) in [7, 11) is 0. The number of nitrogens with one attached hydrogen (secondary N) is 1. The van der Waals surface area contributed by atoms with Gasteiger partial charge in [0, 0.05) is 17.5 Å². The molecule has 0 unspecified atom stereocenters. The van der Waals surface area contributed by atoms with Crippen LogP contribution in [0.1, 0.15) is 61.4 Å². The van der Waals surface area contributed by atoms with Gasteiger partial charge in [0.25, 0.3) is 0 Å². The number of aryl methyl sites for hydroxylation is 1. The Morgan fingerprint density at radius 1 is 1.00 bits per heavy atom. The molecular formula is C25H26FN3. The predicted octanol–water partition coefficient (Wildman–Crippen LogP) is 6.64. The van der Waals surface area contributed by atoms with Crippen molar-refractivity contribution in [3.05, 3.63) is 71.4 Å². The standard InChI is InChI=1S/C25H26FN3/c1-15-3-9-23-24(13-15)29-25(28-23)16(2)17-4-6-18(7-5-17)20-11-12-27-22-10-8-19(26)14-21(20)22/h3,8-14,16-18H,4-7H2,1-2H3,(H,28,29)/t16-,17?,18?/m1/s1. The van der Waals surface area contributed by atoms with Crippen LogP contribution >= 0.6 is 0 Å². The quantitative estimate of drug-likeness (QED) is 0.428. The van der Waals surface area contributed by atoms with E-state index in [9.17, 15) is 4.39 Å². The molecular weight excluding hydrogens is 361 g/mol. The van der Waals surface area contributed by atoms with Crippen molar-refractivity contribution in [1.29, 1.82) is 0 Å². The van der Waals surface area contributed by atoms with E-state index < -0.39 is 0 Å². The molecule has 2 aromatic heterocycles. The van der Waals surface area contributed by atoms with Crippen molar-refractivity contribution in [1.82, 2.24) is 15.0 Å². The van der Waals surface area contributed by atoms with Gasteiger partial charge in [-0.25, -0.2) is 9.37 Å². The number of nitrogens with zero attached hydrogens (tertiary/aromatic N) is 2. The van der Waals surface area contributed by atoms with E-state index in [2.05, 4.69) is 48.1 Å². The second-order valence-corrected chi connectivity index (χ2v) is 8.60. The molecule has 0 saturated heterocycles. The van der Waals surface area contributed by atoms with Crippen molar-refractivity contribution in [2.24, 2.45) is 5.92 Å². The lowest BCUT2D eigenvalue weighted by Crippen LogP contribution is -2.19. The third kappa shape index (κ3) is 3.41. The Hall–Kier alpha value is -2.75. The van der Waals surface area contributed by atoms with Gasteiger partial charge in [0.05, 0.1) is 16.6 Å². The van der Waals surface area contributed by atoms with E-state index in [0.29, 0.717) is 17.8 Å². The summed E-state index contributed by atoms with van der Waals surface area (Å²) in [5.41, 5.74) is 5.57. The molecule has 1 fully saturated rings. The zero-order valence-corrected chi connectivity index (χ0v) is 17.0. The molecule has 1 aliphatic rings. The van der Waals surface area contributed by atoms with Crippen molar-refractivity contribution in [2.75, 3.05) is 0 Å². The van der Waals surface area contributed by atoms with Crippen molar-refractivity contribution in [3.8, 4) is 0 Å². The van der Waals surface area contributed by atoms with Gasteiger partial charge in [-0.05, 0) is 92.0 Å². The number of fused-ring (bicyclic) bond motifs is 2. The van der Waals surface area contributed by atoms with Crippen LogP contribution in [0, 0.1) is 18.7 Å². The number of rotatable bonds is 3. The summed E-state index contributed by atoms with van der Waals surface area (Å²) in [6.45, 7) is 4.41. The van der Waals surface area contributed by atoms with Crippen molar-refractivity contribution >= 4 is 21.9 Å². The summed E-state index contributed by atoms with van der Waals surface area (Å²) >= 11 is 0. The number of pyridine rings is 1. The number of halogens is 1. The van der Waals surface area contributed by atoms with Gasteiger partial charge in [-0.3, -0.25) is 4.98 Å². The lowest BCUT2D eigenvalue weighted by molar-refractivity contribution is 0.286. The van der Waals surface area contributed by atoms with Crippen LogP contribution in [0.5, 0.6) is 0 Å². The molecule has 1 N–H and O–H groups in total. The second kappa shape index (κ2) is 7.25. The molecule has 5 rings (SSSR count). The number of hydrogen-bond donors (Lipinski definition) is 1. The molecule has 1 saturated carbocycles. The van der Waals surface area contributed by atoms with E-state index in [1.165, 1.54) is 30.0 Å². The lowest BCUT2D eigenvalue weighted by atomic mass is 9.73. The molecule has 148 valence electrons. The fourth-order valence-corrected chi connectivity index (χ4v) is 5.01. The third-order valence-corrected chi connectivity index (χ3v) is 6.74. The number of imidazole rings is 1. The van der Waals surface area contributed by atoms with Crippen LogP contribution in [0.2, 0.25) is 0 Å². The normalized spacial score (nSPS) is 20.9. The van der Waals surface area contributed by atoms with E-state index in [1.807, 2.05) is 6.20 Å². The van der Waals surface area contributed by atoms with Gasteiger partial charge >= 0.3 is 0 Å². The fraction of sp³-hybridized carbons (Fsp3) is 0.360. The van der Waals surface area contributed by atoms with Crippen LogP contribution in [0.3, 0.4) is 0 Å². The maximum absolute atomic E-state index is 13.8. The zero-order valence-electron chi connectivity index (χ0n) is 17.0. The van der Waals surface area contributed by atoms with Gasteiger partial charge in [0.2, 0.25) is 0 Å². The highest BCUT2D eigenvalue weighted by Crippen LogP contribution is 2.42. The van der Waals surface area contributed by atoms with Gasteiger partial charge in [0.1, 0.15) is 11.6 Å². The van der Waals surface area contributed by atoms with E-state index in [4.69, 9.17) is 4.98 Å². The molecule has 0 amide bonds. The minimum absolute atomic E-state index is 0.186. The van der Waals surface area contributed by atoms with Crippen LogP contribution in [0.15, 0.2) is 48.7 Å². The van der Waals surface area contributed by atoms with Gasteiger partial charge in [-0.2, -0.15) is 0 Å². The highest BCUT2D eigenvalue weighted by molar-refractivity contribution is 5.82. The number of hydrogen-bond acceptors (Lipinski definition) is 2. The first-order chi connectivity index (χ1) is 14.1. The molecule has 1 atom stereocenters. The Bertz CT molecular complexity index is 1170. The highest BCUT2D eigenvalue weighted by atomic mass is 19.1.